The Kier molecular flexibility index (Phi) is 8.41. The van der Waals surface area contributed by atoms with Gasteiger partial charge in [-0.15, -0.1) is 0 Å². The zero-order valence-electron chi connectivity index (χ0n) is 21.4. The first-order valence-corrected chi connectivity index (χ1v) is 13.3. The molecule has 4 heterocycles. The van der Waals surface area contributed by atoms with E-state index in [4.69, 9.17) is 9.68 Å². The molecule has 0 aromatic heterocycles. The quantitative estimate of drug-likeness (QED) is 0.567. The van der Waals surface area contributed by atoms with Crippen LogP contribution in [0, 0.1) is 0 Å². The summed E-state index contributed by atoms with van der Waals surface area (Å²) in [5, 5.41) is 12.2. The van der Waals surface area contributed by atoms with Crippen LogP contribution in [0.15, 0.2) is 60.7 Å². The minimum atomic E-state index is -0.467. The molecule has 4 amide bonds. The topological polar surface area (TPSA) is 85.8 Å². The predicted octanol–water partition coefficient (Wildman–Crippen LogP) is 3.74. The van der Waals surface area contributed by atoms with Crippen molar-refractivity contribution in [2.75, 3.05) is 26.4 Å². The molecule has 0 unspecified atom stereocenters. The van der Waals surface area contributed by atoms with Crippen LogP contribution in [0.4, 0.5) is 14.0 Å². The number of hydroxylamine groups is 4. The second kappa shape index (κ2) is 12.1. The van der Waals surface area contributed by atoms with Crippen molar-refractivity contribution >= 4 is 12.1 Å². The number of hydrogen-bond donors (Lipinski definition) is 1. The third-order valence-corrected chi connectivity index (χ3v) is 7.71. The van der Waals surface area contributed by atoms with Gasteiger partial charge in [0.1, 0.15) is 19.9 Å². The van der Waals surface area contributed by atoms with Crippen LogP contribution in [-0.4, -0.2) is 87.6 Å². The van der Waals surface area contributed by atoms with Gasteiger partial charge in [-0.05, 0) is 36.8 Å². The van der Waals surface area contributed by atoms with Gasteiger partial charge in [0.25, 0.3) is 0 Å². The molecule has 0 spiro atoms. The van der Waals surface area contributed by atoms with Crippen molar-refractivity contribution in [3.05, 3.63) is 71.8 Å². The molecule has 2 aromatic rings. The minimum absolute atomic E-state index is 0.0327. The van der Waals surface area contributed by atoms with E-state index >= 15 is 0 Å². The first-order chi connectivity index (χ1) is 18.6. The van der Waals surface area contributed by atoms with E-state index in [9.17, 15) is 19.1 Å². The normalized spacial score (nSPS) is 26.1. The second-order valence-corrected chi connectivity index (χ2v) is 10.1. The Morgan fingerprint density at radius 2 is 1.16 bits per heavy atom. The highest BCUT2D eigenvalue weighted by Gasteiger charge is 2.46. The monoisotopic (exact) mass is 526 g/mol. The number of nitrogens with zero attached hydrogens (tertiary/aromatic N) is 4. The highest BCUT2D eigenvalue weighted by atomic mass is 19.1. The van der Waals surface area contributed by atoms with Gasteiger partial charge in [0.15, 0.2) is 0 Å². The van der Waals surface area contributed by atoms with Gasteiger partial charge in [-0.1, -0.05) is 60.7 Å². The van der Waals surface area contributed by atoms with Crippen molar-refractivity contribution in [2.24, 2.45) is 0 Å². The molecule has 1 N–H and O–H groups in total. The van der Waals surface area contributed by atoms with Gasteiger partial charge in [0.05, 0.1) is 30.8 Å². The first-order valence-electron chi connectivity index (χ1n) is 13.3. The van der Waals surface area contributed by atoms with Gasteiger partial charge in [0.2, 0.25) is 0 Å². The van der Waals surface area contributed by atoms with Gasteiger partial charge in [-0.2, -0.15) is 10.1 Å². The summed E-state index contributed by atoms with van der Waals surface area (Å²) >= 11 is 0. The lowest BCUT2D eigenvalue weighted by Gasteiger charge is -2.28. The number of carbonyl (C=O) groups is 2. The number of aliphatic hydroxyl groups excluding tert-OH is 1. The number of alkyl halides is 1. The molecule has 0 aliphatic carbocycles. The molecule has 4 bridgehead atoms. The van der Waals surface area contributed by atoms with Crippen LogP contribution in [-0.2, 0) is 22.9 Å². The second-order valence-electron chi connectivity index (χ2n) is 10.1. The maximum atomic E-state index is 12.8. The maximum Gasteiger partial charge on any atom is 0.344 e. The molecule has 2 aromatic carbocycles. The predicted molar refractivity (Wildman–Crippen MR) is 137 cm³/mol. The number of halogens is 1. The number of urea groups is 2. The number of amides is 4. The van der Waals surface area contributed by atoms with E-state index in [1.807, 2.05) is 60.7 Å². The van der Waals surface area contributed by atoms with Crippen molar-refractivity contribution in [2.45, 2.75) is 63.1 Å². The highest BCUT2D eigenvalue weighted by Crippen LogP contribution is 2.31. The fourth-order valence-corrected chi connectivity index (χ4v) is 5.54. The van der Waals surface area contributed by atoms with Crippen LogP contribution < -0.4 is 0 Å². The Labute approximate surface area is 222 Å². The van der Waals surface area contributed by atoms with E-state index in [0.29, 0.717) is 26.3 Å². The average Bonchev–Trinajstić information content (AvgIpc) is 3.36. The molecule has 38 heavy (non-hydrogen) atoms. The third kappa shape index (κ3) is 5.62. The SMILES string of the molecule is O=C1N2C[C@@H](CC[C@H]2CF)N1OCc1ccccc1.O=C1N2C[C@@H](CC[C@H]2CO)N1OCc1ccccc1. The molecule has 0 saturated carbocycles. The molecule has 0 radical (unpaired) electrons. The smallest absolute Gasteiger partial charge is 0.344 e. The van der Waals surface area contributed by atoms with Gasteiger partial charge in [-0.3, -0.25) is 9.68 Å². The lowest BCUT2D eigenvalue weighted by Crippen LogP contribution is -2.42. The summed E-state index contributed by atoms with van der Waals surface area (Å²) in [7, 11) is 0. The standard InChI is InChI=1S/C14H17FN2O2.C14H18N2O3/c15-8-12-6-7-13-9-16(12)14(18)17(13)19-10-11-4-2-1-3-5-11;17-9-13-7-6-12-8-15(13)14(18)16(12)19-10-11-4-2-1-3-5-11/h1-5,12-13H,6-10H2;1-5,12-13,17H,6-10H2/t2*12-,13+/m01/s1. The van der Waals surface area contributed by atoms with Crippen LogP contribution in [0.25, 0.3) is 0 Å². The Morgan fingerprint density at radius 3 is 1.61 bits per heavy atom. The van der Waals surface area contributed by atoms with Crippen molar-refractivity contribution in [3.63, 3.8) is 0 Å². The zero-order chi connectivity index (χ0) is 26.5. The van der Waals surface area contributed by atoms with Crippen LogP contribution in [0.3, 0.4) is 0 Å². The number of benzene rings is 2. The fourth-order valence-electron chi connectivity index (χ4n) is 5.54. The van der Waals surface area contributed by atoms with Crippen LogP contribution in [0.1, 0.15) is 36.8 Å². The molecule has 4 atom stereocenters. The summed E-state index contributed by atoms with van der Waals surface area (Å²) in [6.07, 6.45) is 3.27. The highest BCUT2D eigenvalue weighted by molar-refractivity contribution is 5.77. The van der Waals surface area contributed by atoms with Crippen molar-refractivity contribution in [3.8, 4) is 0 Å². The molecule has 4 saturated heterocycles. The molecular formula is C28H35FN4O5. The number of piperidine rings is 2. The third-order valence-electron chi connectivity index (χ3n) is 7.71. The lowest BCUT2D eigenvalue weighted by molar-refractivity contribution is -0.140. The van der Waals surface area contributed by atoms with Crippen LogP contribution >= 0.6 is 0 Å². The number of fused-ring (bicyclic) bond motifs is 4. The minimum Gasteiger partial charge on any atom is -0.394 e. The van der Waals surface area contributed by atoms with Gasteiger partial charge < -0.3 is 14.9 Å². The van der Waals surface area contributed by atoms with E-state index in [-0.39, 0.29) is 42.8 Å². The van der Waals surface area contributed by atoms with Crippen LogP contribution in [0.5, 0.6) is 0 Å². The first kappa shape index (κ1) is 26.4. The molecule has 4 aliphatic rings. The molecule has 6 rings (SSSR count). The maximum absolute atomic E-state index is 12.8. The van der Waals surface area contributed by atoms with Gasteiger partial charge >= 0.3 is 12.1 Å². The Balaban J connectivity index is 0.000000155. The average molecular weight is 527 g/mol. The van der Waals surface area contributed by atoms with Crippen molar-refractivity contribution < 1.29 is 28.8 Å². The molecule has 4 aliphatic heterocycles. The van der Waals surface area contributed by atoms with E-state index in [1.165, 1.54) is 10.1 Å². The zero-order valence-corrected chi connectivity index (χ0v) is 21.4. The van der Waals surface area contributed by atoms with Crippen molar-refractivity contribution in [1.29, 1.82) is 0 Å². The fraction of sp³-hybridized carbons (Fsp3) is 0.500. The molecule has 204 valence electrons. The summed E-state index contributed by atoms with van der Waals surface area (Å²) in [4.78, 5) is 38.9. The summed E-state index contributed by atoms with van der Waals surface area (Å²) in [6, 6.07) is 19.1. The molecule has 10 heteroatoms. The summed E-state index contributed by atoms with van der Waals surface area (Å²) in [5.74, 6) is 0. The van der Waals surface area contributed by atoms with Crippen LogP contribution in [0.2, 0.25) is 0 Å². The molecule has 9 nitrogen and oxygen atoms in total. The largest absolute Gasteiger partial charge is 0.394 e. The Bertz CT molecular complexity index is 992. The van der Waals surface area contributed by atoms with E-state index in [2.05, 4.69) is 0 Å². The van der Waals surface area contributed by atoms with Crippen molar-refractivity contribution in [1.82, 2.24) is 19.9 Å². The Morgan fingerprint density at radius 1 is 0.711 bits per heavy atom. The van der Waals surface area contributed by atoms with Gasteiger partial charge in [0, 0.05) is 13.1 Å². The summed E-state index contributed by atoms with van der Waals surface area (Å²) in [5.41, 5.74) is 2.07. The van der Waals surface area contributed by atoms with E-state index < -0.39 is 6.67 Å². The number of hydrogen-bond acceptors (Lipinski definition) is 5. The Hall–Kier alpha value is -3.21. The van der Waals surface area contributed by atoms with E-state index in [0.717, 1.165) is 36.8 Å². The number of aliphatic hydroxyl groups is 1. The molecular weight excluding hydrogens is 491 g/mol. The number of rotatable bonds is 8. The number of carbonyl (C=O) groups excluding carboxylic acids is 2. The summed E-state index contributed by atoms with van der Waals surface area (Å²) < 4.78 is 12.8. The van der Waals surface area contributed by atoms with Gasteiger partial charge in [-0.25, -0.2) is 14.0 Å². The van der Waals surface area contributed by atoms with E-state index in [1.54, 1.807) is 9.80 Å². The molecule has 4 fully saturated rings. The summed E-state index contributed by atoms with van der Waals surface area (Å²) in [6.45, 7) is 1.59. The lowest BCUT2D eigenvalue weighted by atomic mass is 10.0.